The Morgan fingerprint density at radius 3 is 2.30 bits per heavy atom. The van der Waals surface area contributed by atoms with Crippen molar-refractivity contribution in [2.24, 2.45) is 5.73 Å². The lowest BCUT2D eigenvalue weighted by atomic mass is 9.75. The van der Waals surface area contributed by atoms with Crippen LogP contribution in [-0.4, -0.2) is 11.6 Å². The second kappa shape index (κ2) is 5.96. The van der Waals surface area contributed by atoms with Crippen molar-refractivity contribution in [1.82, 2.24) is 0 Å². The molecule has 1 aliphatic heterocycles. The molecule has 0 spiro atoms. The van der Waals surface area contributed by atoms with Crippen molar-refractivity contribution in [3.8, 4) is 6.07 Å². The Morgan fingerprint density at radius 2 is 1.67 bits per heavy atom. The molecule has 0 aromatic heterocycles. The topological polar surface area (TPSA) is 93.2 Å². The van der Waals surface area contributed by atoms with Crippen LogP contribution in [0.4, 0.5) is 0 Å². The molecule has 0 amide bonds. The van der Waals surface area contributed by atoms with Crippen molar-refractivity contribution in [3.63, 3.8) is 0 Å². The van der Waals surface area contributed by atoms with Gasteiger partial charge < -0.3 is 10.5 Å². The van der Waals surface area contributed by atoms with Crippen LogP contribution in [-0.2, 0) is 4.74 Å². The summed E-state index contributed by atoms with van der Waals surface area (Å²) < 4.78 is 5.48. The van der Waals surface area contributed by atoms with Crippen molar-refractivity contribution in [1.29, 1.82) is 5.26 Å². The average molecular weight is 356 g/mol. The number of aryl methyl sites for hydroxylation is 2. The summed E-state index contributed by atoms with van der Waals surface area (Å²) in [7, 11) is 0. The van der Waals surface area contributed by atoms with Crippen LogP contribution in [0.2, 0.25) is 0 Å². The molecule has 5 heteroatoms. The van der Waals surface area contributed by atoms with E-state index in [0.717, 1.165) is 16.7 Å². The van der Waals surface area contributed by atoms with Gasteiger partial charge in [-0.2, -0.15) is 5.26 Å². The lowest BCUT2D eigenvalue weighted by molar-refractivity contribution is 0.0897. The number of nitriles is 1. The summed E-state index contributed by atoms with van der Waals surface area (Å²) in [6.45, 7) is 3.93. The van der Waals surface area contributed by atoms with Crippen LogP contribution >= 0.6 is 0 Å². The molecular weight excluding hydrogens is 340 g/mol. The molecule has 2 aromatic rings. The third-order valence-electron chi connectivity index (χ3n) is 5.15. The molecule has 0 unspecified atom stereocenters. The smallest absolute Gasteiger partial charge is 0.229 e. The van der Waals surface area contributed by atoms with E-state index in [1.165, 1.54) is 0 Å². The third kappa shape index (κ3) is 2.38. The molecule has 0 fully saturated rings. The van der Waals surface area contributed by atoms with Gasteiger partial charge in [-0.15, -0.1) is 0 Å². The maximum Gasteiger partial charge on any atom is 0.229 e. The van der Waals surface area contributed by atoms with E-state index in [1.54, 1.807) is 24.3 Å². The van der Waals surface area contributed by atoms with E-state index in [9.17, 15) is 14.9 Å². The zero-order valence-corrected chi connectivity index (χ0v) is 14.9. The summed E-state index contributed by atoms with van der Waals surface area (Å²) in [5.74, 6) is -1.67. The maximum atomic E-state index is 13.2. The van der Waals surface area contributed by atoms with Gasteiger partial charge in [0, 0.05) is 11.1 Å². The molecule has 1 atom stereocenters. The van der Waals surface area contributed by atoms with Crippen LogP contribution in [0.1, 0.15) is 43.3 Å². The normalized spacial score (nSPS) is 18.6. The number of ether oxygens (including phenoxy) is 1. The summed E-state index contributed by atoms with van der Waals surface area (Å²) in [4.78, 5) is 26.2. The number of nitrogens with zero attached hydrogens (tertiary/aromatic N) is 1. The Kier molecular flexibility index (Phi) is 3.71. The summed E-state index contributed by atoms with van der Waals surface area (Å²) in [5, 5.41) is 9.67. The first-order valence-electron chi connectivity index (χ1n) is 8.51. The number of Topliss-reactive ketones (excluding diaryl/α,β-unsaturated/α-hetero) is 2. The van der Waals surface area contributed by atoms with E-state index < -0.39 is 11.7 Å². The standard InChI is InChI=1S/C22H16N2O3/c1-11-7-8-13(9-12(11)2)17-16(10-23)22(24)27-21-18(17)19(25)14-5-3-4-6-15(14)20(21)26/h3-9,17H,24H2,1-2H3/t17-/m0/s1. The summed E-state index contributed by atoms with van der Waals surface area (Å²) in [5.41, 5.74) is 9.71. The predicted octanol–water partition coefficient (Wildman–Crippen LogP) is 3.44. The van der Waals surface area contributed by atoms with Gasteiger partial charge in [0.2, 0.25) is 11.7 Å². The number of allylic oxidation sites excluding steroid dienone is 3. The molecule has 1 aliphatic carbocycles. The second-order valence-electron chi connectivity index (χ2n) is 6.72. The summed E-state index contributed by atoms with van der Waals surface area (Å²) in [6.07, 6.45) is 0. The molecule has 0 bridgehead atoms. The minimum Gasteiger partial charge on any atom is -0.436 e. The van der Waals surface area contributed by atoms with Crippen LogP contribution in [0, 0.1) is 25.2 Å². The predicted molar refractivity (Wildman–Crippen MR) is 98.7 cm³/mol. The molecular formula is C22H16N2O3. The number of hydrogen-bond acceptors (Lipinski definition) is 5. The van der Waals surface area contributed by atoms with Crippen molar-refractivity contribution in [2.75, 3.05) is 0 Å². The van der Waals surface area contributed by atoms with E-state index >= 15 is 0 Å². The van der Waals surface area contributed by atoms with Gasteiger partial charge in [0.05, 0.1) is 11.5 Å². The van der Waals surface area contributed by atoms with Crippen LogP contribution < -0.4 is 5.73 Å². The maximum absolute atomic E-state index is 13.2. The first-order valence-corrected chi connectivity index (χ1v) is 8.51. The van der Waals surface area contributed by atoms with Crippen molar-refractivity contribution < 1.29 is 14.3 Å². The van der Waals surface area contributed by atoms with Crippen LogP contribution in [0.3, 0.4) is 0 Å². The zero-order chi connectivity index (χ0) is 19.3. The molecule has 2 aliphatic rings. The van der Waals surface area contributed by atoms with Crippen molar-refractivity contribution in [2.45, 2.75) is 19.8 Å². The Hall–Kier alpha value is -3.65. The largest absolute Gasteiger partial charge is 0.436 e. The highest BCUT2D eigenvalue weighted by molar-refractivity contribution is 6.27. The van der Waals surface area contributed by atoms with Crippen molar-refractivity contribution >= 4 is 11.6 Å². The van der Waals surface area contributed by atoms with Gasteiger partial charge in [-0.1, -0.05) is 42.5 Å². The number of rotatable bonds is 1. The lowest BCUT2D eigenvalue weighted by Gasteiger charge is -2.31. The number of fused-ring (bicyclic) bond motifs is 1. The van der Waals surface area contributed by atoms with E-state index in [0.29, 0.717) is 5.56 Å². The highest BCUT2D eigenvalue weighted by atomic mass is 16.5. The molecule has 27 heavy (non-hydrogen) atoms. The SMILES string of the molecule is Cc1ccc([C@H]2C(C#N)=C(N)OC3=C2C(=O)c2ccccc2C3=O)cc1C. The van der Waals surface area contributed by atoms with Crippen molar-refractivity contribution in [3.05, 3.63) is 93.1 Å². The van der Waals surface area contributed by atoms with Crippen LogP contribution in [0.5, 0.6) is 0 Å². The van der Waals surface area contributed by atoms with Crippen LogP contribution in [0.25, 0.3) is 0 Å². The van der Waals surface area contributed by atoms with Gasteiger partial charge in [0.15, 0.2) is 11.5 Å². The average Bonchev–Trinajstić information content (AvgIpc) is 2.67. The molecule has 0 saturated carbocycles. The monoisotopic (exact) mass is 356 g/mol. The first kappa shape index (κ1) is 16.8. The molecule has 2 N–H and O–H groups in total. The van der Waals surface area contributed by atoms with E-state index in [1.807, 2.05) is 32.0 Å². The van der Waals surface area contributed by atoms with Gasteiger partial charge in [-0.25, -0.2) is 0 Å². The fourth-order valence-electron chi connectivity index (χ4n) is 3.58. The minimum absolute atomic E-state index is 0.0848. The number of hydrogen-bond donors (Lipinski definition) is 1. The van der Waals surface area contributed by atoms with E-state index in [-0.39, 0.29) is 34.1 Å². The van der Waals surface area contributed by atoms with Gasteiger partial charge in [0.1, 0.15) is 11.6 Å². The molecule has 2 aromatic carbocycles. The number of ketones is 2. The molecule has 1 heterocycles. The molecule has 132 valence electrons. The quantitative estimate of drug-likeness (QED) is 0.845. The number of carbonyl (C=O) groups is 2. The van der Waals surface area contributed by atoms with Gasteiger partial charge in [-0.05, 0) is 30.5 Å². The third-order valence-corrected chi connectivity index (χ3v) is 5.15. The lowest BCUT2D eigenvalue weighted by Crippen LogP contribution is -2.32. The fourth-order valence-corrected chi connectivity index (χ4v) is 3.58. The Labute approximate surface area is 156 Å². The minimum atomic E-state index is -0.733. The van der Waals surface area contributed by atoms with Gasteiger partial charge >= 0.3 is 0 Å². The van der Waals surface area contributed by atoms with E-state index in [2.05, 4.69) is 6.07 Å². The highest BCUT2D eigenvalue weighted by Gasteiger charge is 2.43. The molecule has 0 saturated heterocycles. The second-order valence-corrected chi connectivity index (χ2v) is 6.72. The summed E-state index contributed by atoms with van der Waals surface area (Å²) >= 11 is 0. The zero-order valence-electron chi connectivity index (χ0n) is 14.9. The van der Waals surface area contributed by atoms with E-state index in [4.69, 9.17) is 10.5 Å². The molecule has 4 rings (SSSR count). The summed E-state index contributed by atoms with van der Waals surface area (Å²) in [6, 6.07) is 14.4. The highest BCUT2D eigenvalue weighted by Crippen LogP contribution is 2.44. The molecule has 0 radical (unpaired) electrons. The van der Waals surface area contributed by atoms with Crippen LogP contribution in [0.15, 0.2) is 65.3 Å². The first-order chi connectivity index (χ1) is 12.9. The van der Waals surface area contributed by atoms with Gasteiger partial charge in [0.25, 0.3) is 0 Å². The number of nitrogens with two attached hydrogens (primary N) is 1. The van der Waals surface area contributed by atoms with Gasteiger partial charge in [-0.3, -0.25) is 9.59 Å². The number of benzene rings is 2. The Bertz CT molecular complexity index is 1130. The number of carbonyl (C=O) groups excluding carboxylic acids is 2. The Balaban J connectivity index is 1.99. The Morgan fingerprint density at radius 1 is 1.00 bits per heavy atom. The fraction of sp³-hybridized carbons (Fsp3) is 0.136. The molecule has 5 nitrogen and oxygen atoms in total.